The Hall–Kier alpha value is -2.05. The quantitative estimate of drug-likeness (QED) is 0.784. The number of H-pyrrole nitrogens is 1. The number of nitrogens with zero attached hydrogens (tertiary/aromatic N) is 2. The van der Waals surface area contributed by atoms with Crippen molar-refractivity contribution in [3.8, 4) is 5.75 Å². The van der Waals surface area contributed by atoms with Gasteiger partial charge in [0.1, 0.15) is 11.4 Å². The maximum Gasteiger partial charge on any atom is 0.267 e. The van der Waals surface area contributed by atoms with Gasteiger partial charge < -0.3 is 24.8 Å². The van der Waals surface area contributed by atoms with E-state index in [0.717, 1.165) is 49.1 Å². The summed E-state index contributed by atoms with van der Waals surface area (Å²) in [6.07, 6.45) is 7.56. The minimum Gasteiger partial charge on any atom is -0.497 e. The van der Waals surface area contributed by atoms with Crippen LogP contribution in [0.2, 0.25) is 0 Å². The van der Waals surface area contributed by atoms with Crippen molar-refractivity contribution in [1.29, 1.82) is 0 Å². The molecule has 2 saturated heterocycles. The first kappa shape index (κ1) is 20.2. The predicted molar refractivity (Wildman–Crippen MR) is 117 cm³/mol. The summed E-state index contributed by atoms with van der Waals surface area (Å²) in [6, 6.07) is 8.00. The topological polar surface area (TPSA) is 60.6 Å². The molecule has 2 aliphatic rings. The van der Waals surface area contributed by atoms with E-state index in [2.05, 4.69) is 20.1 Å². The molecule has 0 saturated carbocycles. The van der Waals surface area contributed by atoms with E-state index in [9.17, 15) is 4.79 Å². The molecule has 6 nitrogen and oxygen atoms in total. The summed E-state index contributed by atoms with van der Waals surface area (Å²) in [5.74, 6) is 0.780. The summed E-state index contributed by atoms with van der Waals surface area (Å²) in [5, 5.41) is 4.25. The number of likely N-dealkylation sites (tertiary alicyclic amines) is 2. The maximum atomic E-state index is 12.7. The van der Waals surface area contributed by atoms with E-state index in [1.807, 2.05) is 24.3 Å². The number of aromatic amines is 1. The normalized spacial score (nSPS) is 19.9. The zero-order valence-electron chi connectivity index (χ0n) is 17.6. The average Bonchev–Trinajstić information content (AvgIpc) is 3.00. The molecule has 158 valence electrons. The number of hydrogen-bond acceptors (Lipinski definition) is 4. The zero-order chi connectivity index (χ0) is 20.1. The molecule has 3 heterocycles. The maximum absolute atomic E-state index is 12.7. The van der Waals surface area contributed by atoms with Gasteiger partial charge in [-0.15, -0.1) is 0 Å². The Morgan fingerprint density at radius 2 is 1.72 bits per heavy atom. The lowest BCUT2D eigenvalue weighted by atomic mass is 10.0. The number of carbonyl (C=O) groups is 1. The highest BCUT2D eigenvalue weighted by Gasteiger charge is 2.22. The monoisotopic (exact) mass is 398 g/mol. The minimum absolute atomic E-state index is 0.0109. The highest BCUT2D eigenvalue weighted by molar-refractivity contribution is 5.98. The van der Waals surface area contributed by atoms with Gasteiger partial charge in [0.2, 0.25) is 0 Å². The number of nitrogens with one attached hydrogen (secondary N) is 2. The Kier molecular flexibility index (Phi) is 6.72. The van der Waals surface area contributed by atoms with Crippen molar-refractivity contribution in [2.45, 2.75) is 44.6 Å². The third kappa shape index (κ3) is 5.31. The van der Waals surface area contributed by atoms with E-state index in [0.29, 0.717) is 5.69 Å². The lowest BCUT2D eigenvalue weighted by molar-refractivity contribution is 0.0902. The fourth-order valence-corrected chi connectivity index (χ4v) is 4.56. The molecule has 1 aromatic carbocycles. The van der Waals surface area contributed by atoms with Gasteiger partial charge in [0.15, 0.2) is 0 Å². The number of rotatable bonds is 6. The molecule has 4 rings (SSSR count). The van der Waals surface area contributed by atoms with Crippen LogP contribution < -0.4 is 10.1 Å². The second-order valence-corrected chi connectivity index (χ2v) is 8.48. The first-order chi connectivity index (χ1) is 14.2. The van der Waals surface area contributed by atoms with E-state index < -0.39 is 0 Å². The molecule has 2 fully saturated rings. The standard InChI is InChI=1S/C23H34N4O2/c1-29-20-7-6-18-16-22(25-21(18)17-20)23(28)24-19-8-12-27(13-9-19)15-14-26-10-4-2-3-5-11-26/h6-7,16-17,19,25H,2-5,8-15H2,1H3,(H,24,28). The first-order valence-electron chi connectivity index (χ1n) is 11.1. The molecular weight excluding hydrogens is 364 g/mol. The number of fused-ring (bicyclic) bond motifs is 1. The Balaban J connectivity index is 1.23. The van der Waals surface area contributed by atoms with Gasteiger partial charge in [-0.3, -0.25) is 4.79 Å². The summed E-state index contributed by atoms with van der Waals surface area (Å²) in [5.41, 5.74) is 1.55. The molecule has 0 spiro atoms. The number of methoxy groups -OCH3 is 1. The molecule has 0 bridgehead atoms. The number of aromatic nitrogens is 1. The molecule has 0 unspecified atom stereocenters. The molecule has 0 atom stereocenters. The molecule has 6 heteroatoms. The number of amides is 1. The Bertz CT molecular complexity index is 802. The van der Waals surface area contributed by atoms with Crippen LogP contribution in [0.1, 0.15) is 49.0 Å². The van der Waals surface area contributed by atoms with Crippen LogP contribution in [0.25, 0.3) is 10.9 Å². The van der Waals surface area contributed by atoms with Crippen molar-refractivity contribution < 1.29 is 9.53 Å². The molecular formula is C23H34N4O2. The zero-order valence-corrected chi connectivity index (χ0v) is 17.6. The fourth-order valence-electron chi connectivity index (χ4n) is 4.56. The molecule has 0 aliphatic carbocycles. The minimum atomic E-state index is -0.0109. The molecule has 2 aliphatic heterocycles. The lowest BCUT2D eigenvalue weighted by Gasteiger charge is -2.33. The number of carbonyl (C=O) groups excluding carboxylic acids is 1. The SMILES string of the molecule is COc1ccc2cc(C(=O)NC3CCN(CCN4CCCCCC4)CC3)[nH]c2c1. The highest BCUT2D eigenvalue weighted by atomic mass is 16.5. The third-order valence-corrected chi connectivity index (χ3v) is 6.43. The predicted octanol–water partition coefficient (Wildman–Crippen LogP) is 3.25. The molecule has 2 aromatic rings. The van der Waals surface area contributed by atoms with Gasteiger partial charge in [0.25, 0.3) is 5.91 Å². The van der Waals surface area contributed by atoms with Crippen LogP contribution in [-0.2, 0) is 0 Å². The van der Waals surface area contributed by atoms with Gasteiger partial charge in [-0.2, -0.15) is 0 Å². The smallest absolute Gasteiger partial charge is 0.267 e. The second kappa shape index (κ2) is 9.63. The van der Waals surface area contributed by atoms with Crippen molar-refractivity contribution in [2.75, 3.05) is 46.4 Å². The number of benzene rings is 1. The molecule has 29 heavy (non-hydrogen) atoms. The number of piperidine rings is 1. The molecule has 0 radical (unpaired) electrons. The van der Waals surface area contributed by atoms with Crippen molar-refractivity contribution in [1.82, 2.24) is 20.1 Å². The third-order valence-electron chi connectivity index (χ3n) is 6.43. The lowest BCUT2D eigenvalue weighted by Crippen LogP contribution is -2.46. The number of ether oxygens (including phenoxy) is 1. The van der Waals surface area contributed by atoms with Crippen molar-refractivity contribution in [3.05, 3.63) is 30.0 Å². The van der Waals surface area contributed by atoms with Gasteiger partial charge in [-0.05, 0) is 57.0 Å². The van der Waals surface area contributed by atoms with Crippen molar-refractivity contribution in [2.24, 2.45) is 0 Å². The summed E-state index contributed by atoms with van der Waals surface area (Å²) >= 11 is 0. The van der Waals surface area contributed by atoms with Crippen molar-refractivity contribution in [3.63, 3.8) is 0 Å². The Labute approximate surface area is 173 Å². The van der Waals surface area contributed by atoms with Crippen molar-refractivity contribution >= 4 is 16.8 Å². The van der Waals surface area contributed by atoms with Crippen LogP contribution in [0.4, 0.5) is 0 Å². The molecule has 1 amide bonds. The second-order valence-electron chi connectivity index (χ2n) is 8.48. The summed E-state index contributed by atoms with van der Waals surface area (Å²) in [7, 11) is 1.65. The molecule has 1 aromatic heterocycles. The Morgan fingerprint density at radius 1 is 1.03 bits per heavy atom. The average molecular weight is 399 g/mol. The highest BCUT2D eigenvalue weighted by Crippen LogP contribution is 2.21. The first-order valence-corrected chi connectivity index (χ1v) is 11.1. The van der Waals surface area contributed by atoms with Crippen LogP contribution >= 0.6 is 0 Å². The number of hydrogen-bond donors (Lipinski definition) is 2. The van der Waals surface area contributed by atoms with E-state index in [1.165, 1.54) is 45.3 Å². The van der Waals surface area contributed by atoms with E-state index in [4.69, 9.17) is 4.74 Å². The van der Waals surface area contributed by atoms with Gasteiger partial charge >= 0.3 is 0 Å². The van der Waals surface area contributed by atoms with E-state index >= 15 is 0 Å². The summed E-state index contributed by atoms with van der Waals surface area (Å²) in [4.78, 5) is 21.1. The Morgan fingerprint density at radius 3 is 2.41 bits per heavy atom. The van der Waals surface area contributed by atoms with E-state index in [-0.39, 0.29) is 11.9 Å². The van der Waals surface area contributed by atoms with Gasteiger partial charge in [0, 0.05) is 49.2 Å². The molecule has 2 N–H and O–H groups in total. The van der Waals surface area contributed by atoms with Gasteiger partial charge in [0.05, 0.1) is 7.11 Å². The van der Waals surface area contributed by atoms with E-state index in [1.54, 1.807) is 7.11 Å². The fraction of sp³-hybridized carbons (Fsp3) is 0.609. The largest absolute Gasteiger partial charge is 0.497 e. The van der Waals surface area contributed by atoms with Crippen LogP contribution in [0.15, 0.2) is 24.3 Å². The van der Waals surface area contributed by atoms with Gasteiger partial charge in [-0.1, -0.05) is 12.8 Å². The van der Waals surface area contributed by atoms with Crippen LogP contribution in [0.5, 0.6) is 5.75 Å². The summed E-state index contributed by atoms with van der Waals surface area (Å²) in [6.45, 7) is 7.03. The van der Waals surface area contributed by atoms with Crippen LogP contribution in [0, 0.1) is 0 Å². The van der Waals surface area contributed by atoms with Gasteiger partial charge in [-0.25, -0.2) is 0 Å². The summed E-state index contributed by atoms with van der Waals surface area (Å²) < 4.78 is 5.26. The van der Waals surface area contributed by atoms with Crippen LogP contribution in [0.3, 0.4) is 0 Å². The van der Waals surface area contributed by atoms with Crippen LogP contribution in [-0.4, -0.2) is 73.1 Å².